The number of carbonyl (C=O) groups excluding carboxylic acids is 1. The van der Waals surface area contributed by atoms with Crippen molar-refractivity contribution < 1.29 is 14.3 Å². The van der Waals surface area contributed by atoms with E-state index in [1.807, 2.05) is 19.1 Å². The molecule has 0 aliphatic heterocycles. The number of amides is 1. The minimum atomic E-state index is -0.163. The van der Waals surface area contributed by atoms with E-state index in [2.05, 4.69) is 5.32 Å². The number of benzene rings is 2. The molecule has 4 heteroatoms. The summed E-state index contributed by atoms with van der Waals surface area (Å²) in [5.41, 5.74) is 2.30. The molecule has 1 N–H and O–H groups in total. The lowest BCUT2D eigenvalue weighted by atomic mass is 10.1. The summed E-state index contributed by atoms with van der Waals surface area (Å²) >= 11 is 0. The Labute approximate surface area is 118 Å². The van der Waals surface area contributed by atoms with Crippen molar-refractivity contribution in [2.75, 3.05) is 19.5 Å². The molecule has 4 nitrogen and oxygen atoms in total. The van der Waals surface area contributed by atoms with Crippen LogP contribution in [0.1, 0.15) is 15.9 Å². The first-order valence-electron chi connectivity index (χ1n) is 6.24. The van der Waals surface area contributed by atoms with E-state index in [1.54, 1.807) is 44.6 Å². The molecule has 0 aliphatic carbocycles. The summed E-state index contributed by atoms with van der Waals surface area (Å²) < 4.78 is 10.2. The molecule has 0 heterocycles. The second-order valence-electron chi connectivity index (χ2n) is 4.36. The monoisotopic (exact) mass is 271 g/mol. The van der Waals surface area contributed by atoms with Gasteiger partial charge in [0.15, 0.2) is 0 Å². The normalized spacial score (nSPS) is 9.95. The van der Waals surface area contributed by atoms with Gasteiger partial charge in [-0.1, -0.05) is 6.07 Å². The molecular formula is C16H17NO3. The molecule has 1 amide bonds. The van der Waals surface area contributed by atoms with Crippen LogP contribution in [0.5, 0.6) is 11.5 Å². The fraction of sp³-hybridized carbons (Fsp3) is 0.188. The van der Waals surface area contributed by atoms with E-state index in [-0.39, 0.29) is 5.91 Å². The quantitative estimate of drug-likeness (QED) is 0.928. The van der Waals surface area contributed by atoms with E-state index in [0.717, 1.165) is 17.0 Å². The minimum absolute atomic E-state index is 0.163. The van der Waals surface area contributed by atoms with Crippen molar-refractivity contribution in [3.8, 4) is 11.5 Å². The predicted molar refractivity (Wildman–Crippen MR) is 78.7 cm³/mol. The zero-order chi connectivity index (χ0) is 14.5. The van der Waals surface area contributed by atoms with Crippen molar-refractivity contribution in [2.45, 2.75) is 6.92 Å². The topological polar surface area (TPSA) is 47.6 Å². The van der Waals surface area contributed by atoms with Gasteiger partial charge in [0.2, 0.25) is 0 Å². The van der Waals surface area contributed by atoms with Gasteiger partial charge in [-0.3, -0.25) is 4.79 Å². The van der Waals surface area contributed by atoms with E-state index in [1.165, 1.54) is 0 Å². The van der Waals surface area contributed by atoms with Crippen LogP contribution in [0.3, 0.4) is 0 Å². The van der Waals surface area contributed by atoms with Crippen molar-refractivity contribution in [2.24, 2.45) is 0 Å². The highest BCUT2D eigenvalue weighted by atomic mass is 16.5. The van der Waals surface area contributed by atoms with Crippen molar-refractivity contribution in [1.82, 2.24) is 0 Å². The van der Waals surface area contributed by atoms with E-state index in [0.29, 0.717) is 11.3 Å². The number of ether oxygens (including phenoxy) is 2. The molecule has 104 valence electrons. The number of methoxy groups -OCH3 is 2. The number of rotatable bonds is 4. The maximum atomic E-state index is 12.2. The average Bonchev–Trinajstić information content (AvgIpc) is 2.49. The van der Waals surface area contributed by atoms with Crippen LogP contribution in [-0.2, 0) is 0 Å². The largest absolute Gasteiger partial charge is 0.497 e. The molecule has 20 heavy (non-hydrogen) atoms. The number of hydrogen-bond acceptors (Lipinski definition) is 3. The van der Waals surface area contributed by atoms with Gasteiger partial charge in [-0.2, -0.15) is 0 Å². The Balaban J connectivity index is 2.18. The number of nitrogens with one attached hydrogen (secondary N) is 1. The van der Waals surface area contributed by atoms with Gasteiger partial charge in [0.1, 0.15) is 11.5 Å². The maximum absolute atomic E-state index is 12.2. The van der Waals surface area contributed by atoms with Crippen LogP contribution in [0.25, 0.3) is 0 Å². The van der Waals surface area contributed by atoms with Crippen LogP contribution in [0.15, 0.2) is 42.5 Å². The molecule has 0 bridgehead atoms. The lowest BCUT2D eigenvalue weighted by molar-refractivity contribution is 0.102. The molecule has 0 saturated heterocycles. The van der Waals surface area contributed by atoms with E-state index < -0.39 is 0 Å². The van der Waals surface area contributed by atoms with Crippen LogP contribution in [0, 0.1) is 6.92 Å². The lowest BCUT2D eigenvalue weighted by Gasteiger charge is -2.10. The van der Waals surface area contributed by atoms with Crippen molar-refractivity contribution >= 4 is 11.6 Å². The van der Waals surface area contributed by atoms with Crippen LogP contribution in [0.2, 0.25) is 0 Å². The summed E-state index contributed by atoms with van der Waals surface area (Å²) in [6, 6.07) is 12.5. The zero-order valence-corrected chi connectivity index (χ0v) is 11.8. The third kappa shape index (κ3) is 3.09. The highest BCUT2D eigenvalue weighted by Crippen LogP contribution is 2.22. The molecule has 2 rings (SSSR count). The Morgan fingerprint density at radius 3 is 2.15 bits per heavy atom. The SMILES string of the molecule is COc1ccc(C(=O)Nc2cc(OC)ccc2C)cc1. The van der Waals surface area contributed by atoms with Gasteiger partial charge >= 0.3 is 0 Å². The molecule has 2 aromatic carbocycles. The van der Waals surface area contributed by atoms with Crippen LogP contribution in [0.4, 0.5) is 5.69 Å². The highest BCUT2D eigenvalue weighted by Gasteiger charge is 2.08. The van der Waals surface area contributed by atoms with Crippen molar-refractivity contribution in [1.29, 1.82) is 0 Å². The third-order valence-corrected chi connectivity index (χ3v) is 3.05. The van der Waals surface area contributed by atoms with E-state index in [4.69, 9.17) is 9.47 Å². The van der Waals surface area contributed by atoms with Gasteiger partial charge in [0.25, 0.3) is 5.91 Å². The Morgan fingerprint density at radius 2 is 1.55 bits per heavy atom. The molecular weight excluding hydrogens is 254 g/mol. The van der Waals surface area contributed by atoms with Gasteiger partial charge in [0.05, 0.1) is 14.2 Å². The standard InChI is InChI=1S/C16H17NO3/c1-11-4-7-14(20-3)10-15(11)17-16(18)12-5-8-13(19-2)9-6-12/h4-10H,1-3H3,(H,17,18). The summed E-state index contributed by atoms with van der Waals surface area (Å²) in [5, 5.41) is 2.88. The fourth-order valence-corrected chi connectivity index (χ4v) is 1.80. The molecule has 0 aromatic heterocycles. The highest BCUT2D eigenvalue weighted by molar-refractivity contribution is 6.04. The first kappa shape index (κ1) is 13.9. The summed E-state index contributed by atoms with van der Waals surface area (Å²) in [7, 11) is 3.19. The second kappa shape index (κ2) is 6.10. The Bertz CT molecular complexity index is 606. The van der Waals surface area contributed by atoms with Crippen LogP contribution >= 0.6 is 0 Å². The fourth-order valence-electron chi connectivity index (χ4n) is 1.80. The van der Waals surface area contributed by atoms with Gasteiger partial charge in [-0.15, -0.1) is 0 Å². The molecule has 0 saturated carbocycles. The lowest BCUT2D eigenvalue weighted by Crippen LogP contribution is -2.12. The molecule has 0 spiro atoms. The predicted octanol–water partition coefficient (Wildman–Crippen LogP) is 3.26. The first-order valence-corrected chi connectivity index (χ1v) is 6.24. The molecule has 0 radical (unpaired) electrons. The number of aryl methyl sites for hydroxylation is 1. The molecule has 0 fully saturated rings. The Morgan fingerprint density at radius 1 is 0.950 bits per heavy atom. The zero-order valence-electron chi connectivity index (χ0n) is 11.8. The first-order chi connectivity index (χ1) is 9.63. The van der Waals surface area contributed by atoms with Gasteiger partial charge in [-0.05, 0) is 42.8 Å². The molecule has 0 unspecified atom stereocenters. The van der Waals surface area contributed by atoms with Crippen molar-refractivity contribution in [3.05, 3.63) is 53.6 Å². The van der Waals surface area contributed by atoms with Crippen LogP contribution in [-0.4, -0.2) is 20.1 Å². The molecule has 0 atom stereocenters. The van der Waals surface area contributed by atoms with Gasteiger partial charge in [-0.25, -0.2) is 0 Å². The number of anilines is 1. The summed E-state index contributed by atoms with van der Waals surface area (Å²) in [6.45, 7) is 1.93. The summed E-state index contributed by atoms with van der Waals surface area (Å²) in [4.78, 5) is 12.2. The molecule has 2 aromatic rings. The van der Waals surface area contributed by atoms with Crippen LogP contribution < -0.4 is 14.8 Å². The summed E-state index contributed by atoms with van der Waals surface area (Å²) in [5.74, 6) is 1.27. The van der Waals surface area contributed by atoms with E-state index in [9.17, 15) is 4.79 Å². The maximum Gasteiger partial charge on any atom is 0.255 e. The summed E-state index contributed by atoms with van der Waals surface area (Å²) in [6.07, 6.45) is 0. The number of carbonyl (C=O) groups is 1. The van der Waals surface area contributed by atoms with Gasteiger partial charge < -0.3 is 14.8 Å². The van der Waals surface area contributed by atoms with E-state index >= 15 is 0 Å². The average molecular weight is 271 g/mol. The van der Waals surface area contributed by atoms with Gasteiger partial charge in [0, 0.05) is 17.3 Å². The second-order valence-corrected chi connectivity index (χ2v) is 4.36. The smallest absolute Gasteiger partial charge is 0.255 e. The Hall–Kier alpha value is -2.49. The molecule has 0 aliphatic rings. The number of hydrogen-bond donors (Lipinski definition) is 1. The Kier molecular flexibility index (Phi) is 4.25. The van der Waals surface area contributed by atoms with Crippen molar-refractivity contribution in [3.63, 3.8) is 0 Å². The minimum Gasteiger partial charge on any atom is -0.497 e. The third-order valence-electron chi connectivity index (χ3n) is 3.05.